The standard InChI is InChI=1S/C17H23N3O4/c1-12-10-20(11-16(23-12)17-19-18-13(2)24-17)7-8-22-15-6-4-5-14(9-15)21-3/h4-6,9,12,16H,7-8,10-11H2,1-3H3/t12-,16-/m1/s1. The fraction of sp³-hybridized carbons (Fsp3) is 0.529. The number of aryl methyl sites for hydroxylation is 1. The Morgan fingerprint density at radius 3 is 2.83 bits per heavy atom. The van der Waals surface area contributed by atoms with Gasteiger partial charge in [-0.05, 0) is 19.1 Å². The number of ether oxygens (including phenoxy) is 3. The number of hydrogen-bond donors (Lipinski definition) is 0. The molecule has 0 spiro atoms. The number of nitrogens with zero attached hydrogens (tertiary/aromatic N) is 3. The summed E-state index contributed by atoms with van der Waals surface area (Å²) in [7, 11) is 1.65. The van der Waals surface area contributed by atoms with E-state index in [0.29, 0.717) is 24.9 Å². The van der Waals surface area contributed by atoms with E-state index in [4.69, 9.17) is 18.6 Å². The quantitative estimate of drug-likeness (QED) is 0.803. The zero-order valence-electron chi connectivity index (χ0n) is 14.3. The van der Waals surface area contributed by atoms with Gasteiger partial charge in [-0.2, -0.15) is 0 Å². The maximum atomic E-state index is 5.92. The van der Waals surface area contributed by atoms with Crippen LogP contribution in [-0.2, 0) is 4.74 Å². The van der Waals surface area contributed by atoms with E-state index in [1.54, 1.807) is 14.0 Å². The molecule has 1 aliphatic rings. The second-order valence-electron chi connectivity index (χ2n) is 5.88. The van der Waals surface area contributed by atoms with Crippen molar-refractivity contribution >= 4 is 0 Å². The molecule has 1 saturated heterocycles. The highest BCUT2D eigenvalue weighted by atomic mass is 16.5. The molecule has 1 aliphatic heterocycles. The third-order valence-corrected chi connectivity index (χ3v) is 3.87. The first-order valence-corrected chi connectivity index (χ1v) is 8.08. The molecular formula is C17H23N3O4. The first-order valence-electron chi connectivity index (χ1n) is 8.08. The number of rotatable bonds is 6. The zero-order chi connectivity index (χ0) is 16.9. The molecule has 7 heteroatoms. The fourth-order valence-electron chi connectivity index (χ4n) is 2.78. The second-order valence-corrected chi connectivity index (χ2v) is 5.88. The summed E-state index contributed by atoms with van der Waals surface area (Å²) in [6.07, 6.45) is -0.0838. The maximum absolute atomic E-state index is 5.92. The molecule has 1 aromatic carbocycles. The molecule has 0 aliphatic carbocycles. The summed E-state index contributed by atoms with van der Waals surface area (Å²) in [5, 5.41) is 7.95. The molecule has 2 atom stereocenters. The summed E-state index contributed by atoms with van der Waals surface area (Å²) in [5.41, 5.74) is 0. The van der Waals surface area contributed by atoms with Gasteiger partial charge in [0.15, 0.2) is 0 Å². The largest absolute Gasteiger partial charge is 0.497 e. The Balaban J connectivity index is 1.52. The van der Waals surface area contributed by atoms with Crippen LogP contribution < -0.4 is 9.47 Å². The van der Waals surface area contributed by atoms with Gasteiger partial charge in [0.05, 0.1) is 13.2 Å². The van der Waals surface area contributed by atoms with Crippen LogP contribution >= 0.6 is 0 Å². The SMILES string of the molecule is COc1cccc(OCCN2C[C@@H](C)O[C@@H](c3nnc(C)o3)C2)c1. The monoisotopic (exact) mass is 333 g/mol. The fourth-order valence-corrected chi connectivity index (χ4v) is 2.78. The molecule has 0 N–H and O–H groups in total. The molecule has 2 heterocycles. The van der Waals surface area contributed by atoms with Crippen molar-refractivity contribution in [2.24, 2.45) is 0 Å². The highest BCUT2D eigenvalue weighted by Crippen LogP contribution is 2.24. The van der Waals surface area contributed by atoms with Gasteiger partial charge in [-0.15, -0.1) is 10.2 Å². The summed E-state index contributed by atoms with van der Waals surface area (Å²) < 4.78 is 22.4. The van der Waals surface area contributed by atoms with Gasteiger partial charge in [-0.3, -0.25) is 4.90 Å². The van der Waals surface area contributed by atoms with Crippen molar-refractivity contribution in [3.63, 3.8) is 0 Å². The Morgan fingerprint density at radius 1 is 1.25 bits per heavy atom. The topological polar surface area (TPSA) is 69.9 Å². The minimum Gasteiger partial charge on any atom is -0.497 e. The third-order valence-electron chi connectivity index (χ3n) is 3.87. The Kier molecular flexibility index (Phi) is 5.32. The van der Waals surface area contributed by atoms with E-state index in [-0.39, 0.29) is 12.2 Å². The van der Waals surface area contributed by atoms with Crippen LogP contribution in [0.3, 0.4) is 0 Å². The lowest BCUT2D eigenvalue weighted by atomic mass is 10.2. The van der Waals surface area contributed by atoms with E-state index in [2.05, 4.69) is 15.1 Å². The van der Waals surface area contributed by atoms with E-state index < -0.39 is 0 Å². The summed E-state index contributed by atoms with van der Waals surface area (Å²) in [6.45, 7) is 6.79. The molecule has 7 nitrogen and oxygen atoms in total. The van der Waals surface area contributed by atoms with E-state index in [0.717, 1.165) is 24.6 Å². The zero-order valence-corrected chi connectivity index (χ0v) is 14.3. The van der Waals surface area contributed by atoms with Gasteiger partial charge in [0.2, 0.25) is 11.8 Å². The van der Waals surface area contributed by atoms with Crippen molar-refractivity contribution in [2.45, 2.75) is 26.1 Å². The van der Waals surface area contributed by atoms with Crippen LogP contribution in [0.2, 0.25) is 0 Å². The van der Waals surface area contributed by atoms with Crippen LogP contribution in [0.4, 0.5) is 0 Å². The molecule has 3 rings (SSSR count). The minimum atomic E-state index is -0.188. The van der Waals surface area contributed by atoms with Crippen molar-refractivity contribution in [2.75, 3.05) is 33.4 Å². The van der Waals surface area contributed by atoms with Crippen molar-refractivity contribution < 1.29 is 18.6 Å². The van der Waals surface area contributed by atoms with Crippen molar-refractivity contribution in [1.82, 2.24) is 15.1 Å². The highest BCUT2D eigenvalue weighted by Gasteiger charge is 2.29. The number of benzene rings is 1. The molecule has 0 radical (unpaired) electrons. The molecule has 0 unspecified atom stereocenters. The van der Waals surface area contributed by atoms with Gasteiger partial charge in [0.25, 0.3) is 0 Å². The lowest BCUT2D eigenvalue weighted by Gasteiger charge is -2.35. The van der Waals surface area contributed by atoms with Crippen LogP contribution in [0, 0.1) is 6.92 Å². The average molecular weight is 333 g/mol. The molecule has 0 bridgehead atoms. The van der Waals surface area contributed by atoms with Gasteiger partial charge in [-0.25, -0.2) is 0 Å². The lowest BCUT2D eigenvalue weighted by molar-refractivity contribution is -0.0910. The second kappa shape index (κ2) is 7.63. The summed E-state index contributed by atoms with van der Waals surface area (Å²) in [5.74, 6) is 2.69. The van der Waals surface area contributed by atoms with Crippen molar-refractivity contribution in [3.8, 4) is 11.5 Å². The third kappa shape index (κ3) is 4.24. The Labute approximate surface area is 141 Å². The molecular weight excluding hydrogens is 310 g/mol. The van der Waals surface area contributed by atoms with E-state index >= 15 is 0 Å². The van der Waals surface area contributed by atoms with E-state index in [9.17, 15) is 0 Å². The predicted molar refractivity (Wildman–Crippen MR) is 87.3 cm³/mol. The predicted octanol–water partition coefficient (Wildman–Crippen LogP) is 2.23. The first-order chi connectivity index (χ1) is 11.6. The van der Waals surface area contributed by atoms with Gasteiger partial charge >= 0.3 is 0 Å². The average Bonchev–Trinajstić information content (AvgIpc) is 3.01. The van der Waals surface area contributed by atoms with Crippen LogP contribution in [-0.4, -0.2) is 54.6 Å². The van der Waals surface area contributed by atoms with Crippen molar-refractivity contribution in [3.05, 3.63) is 36.0 Å². The van der Waals surface area contributed by atoms with E-state index in [1.807, 2.05) is 31.2 Å². The molecule has 1 fully saturated rings. The summed E-state index contributed by atoms with van der Waals surface area (Å²) in [6, 6.07) is 7.62. The van der Waals surface area contributed by atoms with Crippen LogP contribution in [0.25, 0.3) is 0 Å². The van der Waals surface area contributed by atoms with Crippen LogP contribution in [0.15, 0.2) is 28.7 Å². The Bertz CT molecular complexity index is 661. The van der Waals surface area contributed by atoms with Crippen molar-refractivity contribution in [1.29, 1.82) is 0 Å². The number of methoxy groups -OCH3 is 1. The molecule has 0 saturated carbocycles. The number of hydrogen-bond acceptors (Lipinski definition) is 7. The van der Waals surface area contributed by atoms with Crippen LogP contribution in [0.1, 0.15) is 24.8 Å². The van der Waals surface area contributed by atoms with Gasteiger partial charge in [0, 0.05) is 32.6 Å². The van der Waals surface area contributed by atoms with E-state index in [1.165, 1.54) is 0 Å². The molecule has 0 amide bonds. The van der Waals surface area contributed by atoms with Gasteiger partial charge in [-0.1, -0.05) is 6.07 Å². The smallest absolute Gasteiger partial charge is 0.246 e. The normalized spacial score (nSPS) is 21.6. The highest BCUT2D eigenvalue weighted by molar-refractivity contribution is 5.32. The maximum Gasteiger partial charge on any atom is 0.246 e. The van der Waals surface area contributed by atoms with Gasteiger partial charge < -0.3 is 18.6 Å². The Hall–Kier alpha value is -2.12. The molecule has 24 heavy (non-hydrogen) atoms. The molecule has 2 aromatic rings. The summed E-state index contributed by atoms with van der Waals surface area (Å²) >= 11 is 0. The lowest BCUT2D eigenvalue weighted by Crippen LogP contribution is -2.44. The molecule has 130 valence electrons. The molecule has 1 aromatic heterocycles. The Morgan fingerprint density at radius 2 is 2.08 bits per heavy atom. The van der Waals surface area contributed by atoms with Crippen LogP contribution in [0.5, 0.6) is 11.5 Å². The first kappa shape index (κ1) is 16.7. The minimum absolute atomic E-state index is 0.104. The number of aromatic nitrogens is 2. The van der Waals surface area contributed by atoms with Gasteiger partial charge in [0.1, 0.15) is 24.2 Å². The number of morpholine rings is 1. The summed E-state index contributed by atoms with van der Waals surface area (Å²) in [4.78, 5) is 2.29.